The van der Waals surface area contributed by atoms with Gasteiger partial charge in [0, 0.05) is 25.1 Å². The highest BCUT2D eigenvalue weighted by atomic mass is 32.2. The van der Waals surface area contributed by atoms with Gasteiger partial charge in [-0.2, -0.15) is 28.5 Å². The number of sulfone groups is 1. The summed E-state index contributed by atoms with van der Waals surface area (Å²) in [4.78, 5) is 4.44. The summed E-state index contributed by atoms with van der Waals surface area (Å²) in [5.41, 5.74) is 0.387. The zero-order valence-electron chi connectivity index (χ0n) is 17.4. The number of rotatable bonds is 5. The molecule has 4 heterocycles. The van der Waals surface area contributed by atoms with Crippen molar-refractivity contribution in [1.29, 1.82) is 0 Å². The van der Waals surface area contributed by atoms with Gasteiger partial charge in [-0.15, -0.1) is 0 Å². The molecular weight excluding hydrogens is 466 g/mol. The summed E-state index contributed by atoms with van der Waals surface area (Å²) in [6.07, 6.45) is -0.780. The van der Waals surface area contributed by atoms with Crippen LogP contribution in [0.3, 0.4) is 0 Å². The van der Waals surface area contributed by atoms with Gasteiger partial charge in [-0.05, 0) is 25.0 Å². The van der Waals surface area contributed by atoms with Crippen LogP contribution in [0.4, 0.5) is 17.6 Å². The van der Waals surface area contributed by atoms with Crippen LogP contribution in [0.1, 0.15) is 18.4 Å². The number of aryl methyl sites for hydroxylation is 1. The van der Waals surface area contributed by atoms with Crippen LogP contribution in [0.2, 0.25) is 0 Å². The molecule has 0 aromatic carbocycles. The summed E-state index contributed by atoms with van der Waals surface area (Å²) in [5.74, 6) is -0.703. The molecular formula is C19H17F4N7O2S. The first-order valence-corrected chi connectivity index (χ1v) is 11.7. The lowest BCUT2D eigenvalue weighted by atomic mass is 10.1. The number of alkyl halides is 3. The Kier molecular flexibility index (Phi) is 4.48. The Morgan fingerprint density at radius 3 is 2.52 bits per heavy atom. The molecule has 9 nitrogen and oxygen atoms in total. The van der Waals surface area contributed by atoms with Gasteiger partial charge in [0.1, 0.15) is 23.4 Å². The van der Waals surface area contributed by atoms with Crippen molar-refractivity contribution >= 4 is 20.9 Å². The van der Waals surface area contributed by atoms with Crippen LogP contribution in [0, 0.1) is 5.82 Å². The molecule has 0 radical (unpaired) electrons. The molecule has 0 amide bonds. The SMILES string of the molecule is Cn1ncc(F)c1-c1cc(C2(S(C)(=O)=O)CC2)c2c(n1)c(-c1ccn[nH]1)nn2CC(F)(F)F. The van der Waals surface area contributed by atoms with E-state index in [1.165, 1.54) is 30.1 Å². The molecule has 0 aliphatic heterocycles. The second-order valence-corrected chi connectivity index (χ2v) is 10.4. The zero-order chi connectivity index (χ0) is 23.8. The predicted molar refractivity (Wildman–Crippen MR) is 109 cm³/mol. The summed E-state index contributed by atoms with van der Waals surface area (Å²) in [6.45, 7) is -1.45. The molecule has 1 aliphatic carbocycles. The van der Waals surface area contributed by atoms with E-state index in [1.54, 1.807) is 0 Å². The molecule has 0 atom stereocenters. The van der Waals surface area contributed by atoms with Gasteiger partial charge >= 0.3 is 6.18 Å². The van der Waals surface area contributed by atoms with Gasteiger partial charge in [0.15, 0.2) is 15.7 Å². The summed E-state index contributed by atoms with van der Waals surface area (Å²) in [6, 6.07) is 2.84. The maximum absolute atomic E-state index is 14.5. The molecule has 174 valence electrons. The highest BCUT2D eigenvalue weighted by Gasteiger charge is 2.55. The van der Waals surface area contributed by atoms with Gasteiger partial charge in [0.25, 0.3) is 0 Å². The van der Waals surface area contributed by atoms with Gasteiger partial charge in [0.2, 0.25) is 0 Å². The van der Waals surface area contributed by atoms with Crippen LogP contribution in [-0.2, 0) is 28.2 Å². The molecule has 33 heavy (non-hydrogen) atoms. The lowest BCUT2D eigenvalue weighted by Gasteiger charge is -2.18. The van der Waals surface area contributed by atoms with Crippen LogP contribution in [0.5, 0.6) is 0 Å². The van der Waals surface area contributed by atoms with Gasteiger partial charge in [-0.1, -0.05) is 0 Å². The first-order valence-electron chi connectivity index (χ1n) is 9.77. The largest absolute Gasteiger partial charge is 0.408 e. The van der Waals surface area contributed by atoms with E-state index in [4.69, 9.17) is 0 Å². The van der Waals surface area contributed by atoms with E-state index >= 15 is 0 Å². The Hall–Kier alpha value is -3.29. The fraction of sp³-hybridized carbons (Fsp3) is 0.368. The van der Waals surface area contributed by atoms with E-state index in [-0.39, 0.29) is 52.2 Å². The summed E-state index contributed by atoms with van der Waals surface area (Å²) in [5, 5.41) is 14.4. The monoisotopic (exact) mass is 483 g/mol. The van der Waals surface area contributed by atoms with Crippen molar-refractivity contribution in [1.82, 2.24) is 34.7 Å². The Labute approximate surface area is 184 Å². The van der Waals surface area contributed by atoms with Crippen LogP contribution in [-0.4, -0.2) is 55.6 Å². The van der Waals surface area contributed by atoms with Crippen molar-refractivity contribution in [2.75, 3.05) is 6.26 Å². The highest BCUT2D eigenvalue weighted by Crippen LogP contribution is 2.55. The van der Waals surface area contributed by atoms with Gasteiger partial charge in [0.05, 0.1) is 27.8 Å². The minimum Gasteiger partial charge on any atom is -0.276 e. The number of fused-ring (bicyclic) bond motifs is 1. The smallest absolute Gasteiger partial charge is 0.276 e. The number of nitrogens with one attached hydrogen (secondary N) is 1. The Morgan fingerprint density at radius 1 is 1.27 bits per heavy atom. The second kappa shape index (κ2) is 6.85. The molecule has 1 N–H and O–H groups in total. The maximum atomic E-state index is 14.5. The summed E-state index contributed by atoms with van der Waals surface area (Å²) >= 11 is 0. The Bertz CT molecular complexity index is 1460. The highest BCUT2D eigenvalue weighted by molar-refractivity contribution is 7.92. The second-order valence-electron chi connectivity index (χ2n) is 8.08. The third kappa shape index (κ3) is 3.39. The topological polar surface area (TPSA) is 111 Å². The number of H-pyrrole nitrogens is 1. The molecule has 0 unspecified atom stereocenters. The van der Waals surface area contributed by atoms with Gasteiger partial charge in [-0.25, -0.2) is 17.8 Å². The lowest BCUT2D eigenvalue weighted by molar-refractivity contribution is -0.141. The van der Waals surface area contributed by atoms with Crippen molar-refractivity contribution in [3.63, 3.8) is 0 Å². The molecule has 14 heteroatoms. The quantitative estimate of drug-likeness (QED) is 0.437. The van der Waals surface area contributed by atoms with E-state index < -0.39 is 33.1 Å². The standard InChI is InChI=1S/C19H17F4N7O2S/c1-29-17(11(20)8-25-29)13-7-10(18(4-5-18)33(2,31)32)16-15(26-13)14(12-3-6-24-27-12)28-30(16)9-19(21,22)23/h3,6-8H,4-5,9H2,1-2H3,(H,24,27). The average Bonchev–Trinajstić information content (AvgIpc) is 3.03. The normalized spacial score (nSPS) is 15.9. The average molecular weight is 483 g/mol. The number of hydrogen-bond donors (Lipinski definition) is 1. The number of halogens is 4. The van der Waals surface area contributed by atoms with Crippen molar-refractivity contribution < 1.29 is 26.0 Å². The minimum absolute atomic E-state index is 0.00604. The van der Waals surface area contributed by atoms with E-state index in [2.05, 4.69) is 25.4 Å². The molecule has 0 saturated heterocycles. The fourth-order valence-electron chi connectivity index (χ4n) is 4.16. The maximum Gasteiger partial charge on any atom is 0.408 e. The van der Waals surface area contributed by atoms with Gasteiger partial charge in [-0.3, -0.25) is 14.5 Å². The molecule has 0 spiro atoms. The van der Waals surface area contributed by atoms with Crippen LogP contribution >= 0.6 is 0 Å². The predicted octanol–water partition coefficient (Wildman–Crippen LogP) is 2.96. The first kappa shape index (κ1) is 21.6. The molecule has 1 saturated carbocycles. The van der Waals surface area contributed by atoms with Crippen molar-refractivity contribution in [3.8, 4) is 22.8 Å². The Balaban J connectivity index is 1.92. The van der Waals surface area contributed by atoms with Crippen LogP contribution in [0.25, 0.3) is 33.8 Å². The minimum atomic E-state index is -4.63. The van der Waals surface area contributed by atoms with Crippen molar-refractivity contribution in [2.24, 2.45) is 7.05 Å². The number of pyridine rings is 1. The zero-order valence-corrected chi connectivity index (χ0v) is 18.2. The molecule has 1 aliphatic rings. The molecule has 1 fully saturated rings. The number of aromatic amines is 1. The van der Waals surface area contributed by atoms with Crippen LogP contribution < -0.4 is 0 Å². The number of nitrogens with zero attached hydrogens (tertiary/aromatic N) is 6. The van der Waals surface area contributed by atoms with E-state index in [0.717, 1.165) is 12.5 Å². The van der Waals surface area contributed by atoms with E-state index in [0.29, 0.717) is 4.68 Å². The van der Waals surface area contributed by atoms with E-state index in [1.807, 2.05) is 0 Å². The molecule has 4 aromatic rings. The van der Waals surface area contributed by atoms with E-state index in [9.17, 15) is 26.0 Å². The third-order valence-electron chi connectivity index (χ3n) is 5.82. The number of hydrogen-bond acceptors (Lipinski definition) is 6. The molecule has 0 bridgehead atoms. The molecule has 4 aromatic heterocycles. The third-order valence-corrected chi connectivity index (χ3v) is 7.87. The lowest BCUT2D eigenvalue weighted by Crippen LogP contribution is -2.23. The molecule has 5 rings (SSSR count). The summed E-state index contributed by atoms with van der Waals surface area (Å²) in [7, 11) is -2.25. The van der Waals surface area contributed by atoms with Crippen molar-refractivity contribution in [2.45, 2.75) is 30.3 Å². The van der Waals surface area contributed by atoms with Gasteiger partial charge < -0.3 is 0 Å². The van der Waals surface area contributed by atoms with Crippen LogP contribution in [0.15, 0.2) is 24.5 Å². The summed E-state index contributed by atoms with van der Waals surface area (Å²) < 4.78 is 80.8. The number of aromatic nitrogens is 7. The van der Waals surface area contributed by atoms with Crippen molar-refractivity contribution in [3.05, 3.63) is 35.9 Å². The fourth-order valence-corrected chi connectivity index (χ4v) is 5.56. The Morgan fingerprint density at radius 2 is 2.00 bits per heavy atom. The first-order chi connectivity index (χ1) is 15.4.